The molecule has 0 radical (unpaired) electrons. The van der Waals surface area contributed by atoms with Gasteiger partial charge in [-0.1, -0.05) is 24.3 Å². The Kier molecular flexibility index (Phi) is 4.93. The van der Waals surface area contributed by atoms with Gasteiger partial charge in [0.1, 0.15) is 5.75 Å². The molecule has 0 aromatic heterocycles. The maximum absolute atomic E-state index is 12.6. The van der Waals surface area contributed by atoms with Crippen LogP contribution in [0, 0.1) is 0 Å². The van der Waals surface area contributed by atoms with Crippen molar-refractivity contribution in [2.75, 3.05) is 18.6 Å². The molecule has 5 heteroatoms. The minimum atomic E-state index is -0.142. The van der Waals surface area contributed by atoms with Gasteiger partial charge < -0.3 is 9.64 Å². The lowest BCUT2D eigenvalue weighted by molar-refractivity contribution is -0.118. The number of methoxy groups -OCH3 is 1. The molecular formula is C20H19NO4. The first-order valence-corrected chi connectivity index (χ1v) is 8.20. The summed E-state index contributed by atoms with van der Waals surface area (Å²) in [5, 5.41) is 0. The number of ketones is 2. The van der Waals surface area contributed by atoms with Gasteiger partial charge in [0.25, 0.3) is 0 Å². The maximum atomic E-state index is 12.6. The van der Waals surface area contributed by atoms with Crippen LogP contribution in [0.2, 0.25) is 0 Å². The highest BCUT2D eigenvalue weighted by molar-refractivity contribution is 6.09. The first kappa shape index (κ1) is 16.9. The highest BCUT2D eigenvalue weighted by Gasteiger charge is 2.26. The van der Waals surface area contributed by atoms with Crippen LogP contribution in [-0.2, 0) is 4.79 Å². The van der Waals surface area contributed by atoms with Crippen LogP contribution in [-0.4, -0.2) is 31.1 Å². The van der Waals surface area contributed by atoms with E-state index in [-0.39, 0.29) is 30.3 Å². The van der Waals surface area contributed by atoms with Crippen molar-refractivity contribution in [3.63, 3.8) is 0 Å². The van der Waals surface area contributed by atoms with Gasteiger partial charge in [0.05, 0.1) is 12.8 Å². The van der Waals surface area contributed by atoms with Crippen molar-refractivity contribution < 1.29 is 19.1 Å². The van der Waals surface area contributed by atoms with Crippen LogP contribution in [0.4, 0.5) is 5.69 Å². The quantitative estimate of drug-likeness (QED) is 0.786. The van der Waals surface area contributed by atoms with E-state index < -0.39 is 0 Å². The third-order valence-corrected chi connectivity index (χ3v) is 4.32. The molecule has 128 valence electrons. The van der Waals surface area contributed by atoms with E-state index in [0.29, 0.717) is 35.5 Å². The van der Waals surface area contributed by atoms with Crippen LogP contribution >= 0.6 is 0 Å². The van der Waals surface area contributed by atoms with Gasteiger partial charge in [-0.3, -0.25) is 14.4 Å². The summed E-state index contributed by atoms with van der Waals surface area (Å²) in [6.45, 7) is 0.363. The highest BCUT2D eigenvalue weighted by Crippen LogP contribution is 2.27. The molecule has 0 N–H and O–H groups in total. The zero-order chi connectivity index (χ0) is 17.8. The van der Waals surface area contributed by atoms with E-state index in [1.165, 1.54) is 0 Å². The second-order valence-corrected chi connectivity index (χ2v) is 5.89. The monoisotopic (exact) mass is 337 g/mol. The molecule has 2 aromatic carbocycles. The van der Waals surface area contributed by atoms with Gasteiger partial charge >= 0.3 is 0 Å². The fourth-order valence-electron chi connectivity index (χ4n) is 2.97. The summed E-state index contributed by atoms with van der Waals surface area (Å²) in [6, 6.07) is 14.0. The predicted molar refractivity (Wildman–Crippen MR) is 94.3 cm³/mol. The number of benzene rings is 2. The average molecular weight is 337 g/mol. The zero-order valence-corrected chi connectivity index (χ0v) is 14.0. The second kappa shape index (κ2) is 7.30. The van der Waals surface area contributed by atoms with Crippen molar-refractivity contribution in [1.82, 2.24) is 0 Å². The lowest BCUT2D eigenvalue weighted by Crippen LogP contribution is -2.37. The number of para-hydroxylation sites is 1. The number of hydrogen-bond acceptors (Lipinski definition) is 4. The fourth-order valence-corrected chi connectivity index (χ4v) is 2.97. The molecule has 0 fully saturated rings. The summed E-state index contributed by atoms with van der Waals surface area (Å²) in [5.74, 6) is 0.414. The SMILES string of the molecule is COc1cccc(C(=O)CCC(=O)N2CCC(=O)c3ccccc32)c1. The molecule has 0 saturated heterocycles. The number of fused-ring (bicyclic) bond motifs is 1. The molecular weight excluding hydrogens is 318 g/mol. The molecule has 0 saturated carbocycles. The highest BCUT2D eigenvalue weighted by atomic mass is 16.5. The number of Topliss-reactive ketones (excluding diaryl/α,β-unsaturated/α-hetero) is 2. The van der Waals surface area contributed by atoms with Crippen LogP contribution < -0.4 is 9.64 Å². The number of ether oxygens (including phenoxy) is 1. The lowest BCUT2D eigenvalue weighted by Gasteiger charge is -2.28. The number of nitrogens with zero attached hydrogens (tertiary/aromatic N) is 1. The number of carbonyl (C=O) groups is 3. The molecule has 2 aromatic rings. The molecule has 5 nitrogen and oxygen atoms in total. The normalized spacial score (nSPS) is 13.3. The second-order valence-electron chi connectivity index (χ2n) is 5.89. The van der Waals surface area contributed by atoms with E-state index in [4.69, 9.17) is 4.74 Å². The average Bonchev–Trinajstić information content (AvgIpc) is 2.66. The molecule has 1 aliphatic rings. The van der Waals surface area contributed by atoms with Gasteiger partial charge in [0, 0.05) is 36.9 Å². The molecule has 0 aliphatic carbocycles. The summed E-state index contributed by atoms with van der Waals surface area (Å²) >= 11 is 0. The van der Waals surface area contributed by atoms with E-state index in [9.17, 15) is 14.4 Å². The van der Waals surface area contributed by atoms with E-state index >= 15 is 0 Å². The largest absolute Gasteiger partial charge is 0.497 e. The van der Waals surface area contributed by atoms with Crippen LogP contribution in [0.5, 0.6) is 5.75 Å². The van der Waals surface area contributed by atoms with Crippen LogP contribution in [0.15, 0.2) is 48.5 Å². The summed E-state index contributed by atoms with van der Waals surface area (Å²) < 4.78 is 5.12. The number of hydrogen-bond donors (Lipinski definition) is 0. The topological polar surface area (TPSA) is 63.7 Å². The number of amides is 1. The molecule has 0 spiro atoms. The van der Waals surface area contributed by atoms with Gasteiger partial charge in [-0.25, -0.2) is 0 Å². The minimum absolute atomic E-state index is 0.0482. The fraction of sp³-hybridized carbons (Fsp3) is 0.250. The van der Waals surface area contributed by atoms with Crippen molar-refractivity contribution in [2.45, 2.75) is 19.3 Å². The van der Waals surface area contributed by atoms with Gasteiger partial charge in [0.2, 0.25) is 5.91 Å². The predicted octanol–water partition coefficient (Wildman–Crippen LogP) is 3.28. The van der Waals surface area contributed by atoms with Gasteiger partial charge in [0.15, 0.2) is 11.6 Å². The van der Waals surface area contributed by atoms with E-state index in [2.05, 4.69) is 0 Å². The van der Waals surface area contributed by atoms with Crippen LogP contribution in [0.25, 0.3) is 0 Å². The third kappa shape index (κ3) is 3.60. The van der Waals surface area contributed by atoms with Crippen molar-refractivity contribution in [2.24, 2.45) is 0 Å². The first-order valence-electron chi connectivity index (χ1n) is 8.20. The lowest BCUT2D eigenvalue weighted by atomic mass is 9.99. The Balaban J connectivity index is 1.68. The van der Waals surface area contributed by atoms with Crippen LogP contribution in [0.1, 0.15) is 40.0 Å². The van der Waals surface area contributed by atoms with E-state index in [1.807, 2.05) is 0 Å². The maximum Gasteiger partial charge on any atom is 0.227 e. The minimum Gasteiger partial charge on any atom is -0.497 e. The molecule has 25 heavy (non-hydrogen) atoms. The first-order chi connectivity index (χ1) is 12.1. The number of rotatable bonds is 5. The van der Waals surface area contributed by atoms with Crippen molar-refractivity contribution in [3.8, 4) is 5.75 Å². The third-order valence-electron chi connectivity index (χ3n) is 4.32. The smallest absolute Gasteiger partial charge is 0.227 e. The van der Waals surface area contributed by atoms with E-state index in [0.717, 1.165) is 0 Å². The van der Waals surface area contributed by atoms with Crippen molar-refractivity contribution in [3.05, 3.63) is 59.7 Å². The standard InChI is InChI=1S/C20H19NO4/c1-25-15-6-4-5-14(13-15)18(22)9-10-20(24)21-12-11-19(23)16-7-2-3-8-17(16)21/h2-8,13H,9-12H2,1H3. The zero-order valence-electron chi connectivity index (χ0n) is 14.0. The van der Waals surface area contributed by atoms with Crippen LogP contribution in [0.3, 0.4) is 0 Å². The number of anilines is 1. The molecule has 1 aliphatic heterocycles. The molecule has 3 rings (SSSR count). The van der Waals surface area contributed by atoms with E-state index in [1.54, 1.807) is 60.5 Å². The molecule has 0 bridgehead atoms. The Morgan fingerprint density at radius 1 is 1.08 bits per heavy atom. The Bertz CT molecular complexity index is 828. The molecule has 1 heterocycles. The molecule has 1 amide bonds. The summed E-state index contributed by atoms with van der Waals surface area (Å²) in [7, 11) is 1.54. The number of carbonyl (C=O) groups excluding carboxylic acids is 3. The van der Waals surface area contributed by atoms with Gasteiger partial charge in [-0.05, 0) is 24.3 Å². The van der Waals surface area contributed by atoms with Crippen molar-refractivity contribution >= 4 is 23.2 Å². The Morgan fingerprint density at radius 2 is 1.88 bits per heavy atom. The Hall–Kier alpha value is -2.95. The van der Waals surface area contributed by atoms with Crippen molar-refractivity contribution in [1.29, 1.82) is 0 Å². The van der Waals surface area contributed by atoms with Gasteiger partial charge in [-0.2, -0.15) is 0 Å². The molecule has 0 unspecified atom stereocenters. The molecule has 0 atom stereocenters. The van der Waals surface area contributed by atoms with Gasteiger partial charge in [-0.15, -0.1) is 0 Å². The Morgan fingerprint density at radius 3 is 2.68 bits per heavy atom. The summed E-state index contributed by atoms with van der Waals surface area (Å²) in [4.78, 5) is 38.4. The summed E-state index contributed by atoms with van der Waals surface area (Å²) in [5.41, 5.74) is 1.74. The Labute approximate surface area is 146 Å². The summed E-state index contributed by atoms with van der Waals surface area (Å²) in [6.07, 6.45) is 0.545.